The average Bonchev–Trinajstić information content (AvgIpc) is 2.61. The number of carbonyl (C=O) groups excluding carboxylic acids is 1. The Balaban J connectivity index is 2.37. The number of aromatic nitrogens is 1. The molecule has 3 nitrogen and oxygen atoms in total. The molecule has 0 bridgehead atoms. The second-order valence-corrected chi connectivity index (χ2v) is 4.28. The van der Waals surface area contributed by atoms with Gasteiger partial charge in [-0.15, -0.1) is 0 Å². The predicted molar refractivity (Wildman–Crippen MR) is 65.4 cm³/mol. The van der Waals surface area contributed by atoms with Gasteiger partial charge < -0.3 is 10.7 Å². The van der Waals surface area contributed by atoms with E-state index in [0.717, 1.165) is 16.5 Å². The summed E-state index contributed by atoms with van der Waals surface area (Å²) >= 11 is 0. The van der Waals surface area contributed by atoms with Crippen molar-refractivity contribution in [3.05, 3.63) is 35.5 Å². The van der Waals surface area contributed by atoms with E-state index in [1.807, 2.05) is 12.3 Å². The van der Waals surface area contributed by atoms with Gasteiger partial charge in [0.05, 0.1) is 6.04 Å². The molecule has 0 radical (unpaired) electrons. The first-order valence-electron chi connectivity index (χ1n) is 5.40. The Bertz CT molecular complexity index is 528. The summed E-state index contributed by atoms with van der Waals surface area (Å²) in [5.41, 5.74) is 9.19. The molecule has 2 aromatic rings. The Morgan fingerprint density at radius 3 is 2.94 bits per heavy atom. The molecule has 0 aliphatic rings. The number of benzene rings is 1. The van der Waals surface area contributed by atoms with E-state index in [-0.39, 0.29) is 5.78 Å². The fourth-order valence-electron chi connectivity index (χ4n) is 1.84. The molecular weight excluding hydrogens is 200 g/mol. The fraction of sp³-hybridized carbons (Fsp3) is 0.308. The molecule has 0 amide bonds. The second kappa shape index (κ2) is 4.10. The summed E-state index contributed by atoms with van der Waals surface area (Å²) in [4.78, 5) is 14.3. The summed E-state index contributed by atoms with van der Waals surface area (Å²) in [5, 5.41) is 1.16. The van der Waals surface area contributed by atoms with Gasteiger partial charge in [-0.1, -0.05) is 11.6 Å². The van der Waals surface area contributed by atoms with Crippen molar-refractivity contribution in [1.29, 1.82) is 0 Å². The molecule has 0 aliphatic carbocycles. The first-order valence-corrected chi connectivity index (χ1v) is 5.40. The van der Waals surface area contributed by atoms with Gasteiger partial charge in [-0.25, -0.2) is 0 Å². The number of rotatable bonds is 3. The summed E-state index contributed by atoms with van der Waals surface area (Å²) in [6.45, 7) is 3.59. The lowest BCUT2D eigenvalue weighted by atomic mass is 10.0. The largest absolute Gasteiger partial charge is 0.361 e. The highest BCUT2D eigenvalue weighted by Gasteiger charge is 2.12. The molecule has 2 rings (SSSR count). The number of fused-ring (bicyclic) bond motifs is 1. The summed E-state index contributed by atoms with van der Waals surface area (Å²) in [7, 11) is 0. The molecule has 1 heterocycles. The van der Waals surface area contributed by atoms with E-state index in [4.69, 9.17) is 5.73 Å². The van der Waals surface area contributed by atoms with Gasteiger partial charge in [0.25, 0.3) is 0 Å². The van der Waals surface area contributed by atoms with Crippen molar-refractivity contribution in [2.75, 3.05) is 0 Å². The smallest absolute Gasteiger partial charge is 0.146 e. The first kappa shape index (κ1) is 10.9. The highest BCUT2D eigenvalue weighted by molar-refractivity contribution is 5.86. The van der Waals surface area contributed by atoms with Crippen molar-refractivity contribution >= 4 is 16.7 Å². The molecule has 16 heavy (non-hydrogen) atoms. The van der Waals surface area contributed by atoms with Crippen molar-refractivity contribution < 1.29 is 4.79 Å². The molecule has 1 atom stereocenters. The van der Waals surface area contributed by atoms with E-state index >= 15 is 0 Å². The van der Waals surface area contributed by atoms with Crippen LogP contribution >= 0.6 is 0 Å². The van der Waals surface area contributed by atoms with Crippen LogP contribution < -0.4 is 5.73 Å². The van der Waals surface area contributed by atoms with Crippen LogP contribution in [0.2, 0.25) is 0 Å². The molecule has 3 N–H and O–H groups in total. The molecule has 0 fully saturated rings. The van der Waals surface area contributed by atoms with Crippen LogP contribution in [0.5, 0.6) is 0 Å². The number of nitrogens with one attached hydrogen (secondary N) is 1. The monoisotopic (exact) mass is 216 g/mol. The Morgan fingerprint density at radius 1 is 1.50 bits per heavy atom. The summed E-state index contributed by atoms with van der Waals surface area (Å²) in [6.07, 6.45) is 2.53. The molecule has 0 saturated heterocycles. The average molecular weight is 216 g/mol. The van der Waals surface area contributed by atoms with Gasteiger partial charge >= 0.3 is 0 Å². The van der Waals surface area contributed by atoms with E-state index in [2.05, 4.69) is 24.0 Å². The number of hydrogen-bond acceptors (Lipinski definition) is 2. The van der Waals surface area contributed by atoms with E-state index in [1.165, 1.54) is 12.5 Å². The molecule has 0 unspecified atom stereocenters. The Morgan fingerprint density at radius 2 is 2.25 bits per heavy atom. The number of nitrogens with two attached hydrogens (primary N) is 1. The van der Waals surface area contributed by atoms with Crippen LogP contribution in [-0.4, -0.2) is 16.8 Å². The molecule has 1 aromatic heterocycles. The van der Waals surface area contributed by atoms with Crippen LogP contribution in [0.1, 0.15) is 18.1 Å². The third kappa shape index (κ3) is 1.99. The SMILES string of the molecule is CC(=O)[C@@H](N)Cc1c[nH]c2ccc(C)cc12. The summed E-state index contributed by atoms with van der Waals surface area (Å²) in [5.74, 6) is 0.0296. The van der Waals surface area contributed by atoms with Crippen molar-refractivity contribution in [3.63, 3.8) is 0 Å². The molecule has 3 heteroatoms. The molecule has 0 spiro atoms. The Kier molecular flexibility index (Phi) is 2.79. The van der Waals surface area contributed by atoms with Crippen LogP contribution in [0.3, 0.4) is 0 Å². The van der Waals surface area contributed by atoms with Crippen molar-refractivity contribution in [3.8, 4) is 0 Å². The third-order valence-corrected chi connectivity index (χ3v) is 2.88. The van der Waals surface area contributed by atoms with Gasteiger partial charge in [-0.05, 0) is 38.0 Å². The van der Waals surface area contributed by atoms with Crippen LogP contribution in [-0.2, 0) is 11.2 Å². The Hall–Kier alpha value is -1.61. The minimum atomic E-state index is -0.403. The lowest BCUT2D eigenvalue weighted by Gasteiger charge is -2.06. The second-order valence-electron chi connectivity index (χ2n) is 4.28. The van der Waals surface area contributed by atoms with Crippen LogP contribution in [0, 0.1) is 6.92 Å². The van der Waals surface area contributed by atoms with Gasteiger partial charge in [0.15, 0.2) is 0 Å². The topological polar surface area (TPSA) is 58.9 Å². The van der Waals surface area contributed by atoms with E-state index in [0.29, 0.717) is 6.42 Å². The molecule has 1 aromatic carbocycles. The first-order chi connectivity index (χ1) is 7.58. The number of H-pyrrole nitrogens is 1. The number of ketones is 1. The quantitative estimate of drug-likeness (QED) is 0.823. The molecule has 0 saturated carbocycles. The highest BCUT2D eigenvalue weighted by Crippen LogP contribution is 2.20. The van der Waals surface area contributed by atoms with Gasteiger partial charge in [-0.3, -0.25) is 4.79 Å². The van der Waals surface area contributed by atoms with Gasteiger partial charge in [0, 0.05) is 17.1 Å². The fourth-order valence-corrected chi connectivity index (χ4v) is 1.84. The number of carbonyl (C=O) groups is 1. The maximum atomic E-state index is 11.1. The zero-order valence-corrected chi connectivity index (χ0v) is 9.58. The summed E-state index contributed by atoms with van der Waals surface area (Å²) in [6, 6.07) is 5.83. The van der Waals surface area contributed by atoms with Gasteiger partial charge in [0.1, 0.15) is 5.78 Å². The number of hydrogen-bond donors (Lipinski definition) is 2. The van der Waals surface area contributed by atoms with Crippen LogP contribution in [0.15, 0.2) is 24.4 Å². The minimum Gasteiger partial charge on any atom is -0.361 e. The van der Waals surface area contributed by atoms with Crippen molar-refractivity contribution in [2.45, 2.75) is 26.3 Å². The van der Waals surface area contributed by atoms with Gasteiger partial charge in [0.2, 0.25) is 0 Å². The van der Waals surface area contributed by atoms with E-state index < -0.39 is 6.04 Å². The van der Waals surface area contributed by atoms with E-state index in [1.54, 1.807) is 0 Å². The van der Waals surface area contributed by atoms with Crippen LogP contribution in [0.4, 0.5) is 0 Å². The summed E-state index contributed by atoms with van der Waals surface area (Å²) < 4.78 is 0. The number of Topliss-reactive ketones (excluding diaryl/α,β-unsaturated/α-hetero) is 1. The zero-order valence-electron chi connectivity index (χ0n) is 9.58. The van der Waals surface area contributed by atoms with Crippen LogP contribution in [0.25, 0.3) is 10.9 Å². The normalized spacial score (nSPS) is 12.9. The maximum Gasteiger partial charge on any atom is 0.146 e. The number of aryl methyl sites for hydroxylation is 1. The van der Waals surface area contributed by atoms with Crippen molar-refractivity contribution in [2.24, 2.45) is 5.73 Å². The number of aromatic amines is 1. The molecular formula is C13H16N2O. The molecule has 0 aliphatic heterocycles. The Labute approximate surface area is 94.6 Å². The predicted octanol–water partition coefficient (Wildman–Crippen LogP) is 1.94. The maximum absolute atomic E-state index is 11.1. The molecule has 84 valence electrons. The van der Waals surface area contributed by atoms with Gasteiger partial charge in [-0.2, -0.15) is 0 Å². The minimum absolute atomic E-state index is 0.0296. The van der Waals surface area contributed by atoms with E-state index in [9.17, 15) is 4.79 Å². The lowest BCUT2D eigenvalue weighted by molar-refractivity contribution is -0.118. The lowest BCUT2D eigenvalue weighted by Crippen LogP contribution is -2.30. The van der Waals surface area contributed by atoms with Crippen molar-refractivity contribution in [1.82, 2.24) is 4.98 Å². The standard InChI is InChI=1S/C13H16N2O/c1-8-3-4-13-11(5-8)10(7-15-13)6-12(14)9(2)16/h3-5,7,12,15H,6,14H2,1-2H3/t12-/m0/s1. The zero-order chi connectivity index (χ0) is 11.7. The third-order valence-electron chi connectivity index (χ3n) is 2.88. The highest BCUT2D eigenvalue weighted by atomic mass is 16.1.